The number of carbonyl (C=O) groups excluding carboxylic acids is 2. The summed E-state index contributed by atoms with van der Waals surface area (Å²) in [5.41, 5.74) is 0.647. The Kier molecular flexibility index (Phi) is 2.96. The van der Waals surface area contributed by atoms with E-state index in [0.717, 1.165) is 0 Å². The zero-order valence-corrected chi connectivity index (χ0v) is 10.4. The minimum atomic E-state index is -0.299. The third kappa shape index (κ3) is 2.03. The Hall–Kier alpha value is -3.02. The van der Waals surface area contributed by atoms with Crippen LogP contribution in [0.3, 0.4) is 0 Å². The van der Waals surface area contributed by atoms with Gasteiger partial charge in [-0.1, -0.05) is 12.1 Å². The van der Waals surface area contributed by atoms with Crippen LogP contribution >= 0.6 is 0 Å². The second kappa shape index (κ2) is 4.93. The summed E-state index contributed by atoms with van der Waals surface area (Å²) in [6.07, 6.45) is 8.92. The van der Waals surface area contributed by atoms with Crippen molar-refractivity contribution in [3.63, 3.8) is 0 Å². The first-order valence-corrected chi connectivity index (χ1v) is 5.92. The van der Waals surface area contributed by atoms with E-state index in [4.69, 9.17) is 0 Å². The molecule has 98 valence electrons. The summed E-state index contributed by atoms with van der Waals surface area (Å²) in [6.45, 7) is 0. The van der Waals surface area contributed by atoms with Crippen LogP contribution in [0, 0.1) is 0 Å². The lowest BCUT2D eigenvalue weighted by molar-refractivity contribution is 0.0926. The van der Waals surface area contributed by atoms with E-state index >= 15 is 0 Å². The molecule has 6 nitrogen and oxygen atoms in total. The number of nitrogens with zero attached hydrogens (tertiary/aromatic N) is 4. The third-order valence-corrected chi connectivity index (χ3v) is 2.87. The summed E-state index contributed by atoms with van der Waals surface area (Å²) in [5, 5.41) is 0. The third-order valence-electron chi connectivity index (χ3n) is 2.87. The summed E-state index contributed by atoms with van der Waals surface area (Å²) in [4.78, 5) is 32.4. The minimum absolute atomic E-state index is 0.299. The van der Waals surface area contributed by atoms with Crippen LogP contribution in [0.2, 0.25) is 0 Å². The minimum Gasteiger partial charge on any atom is -0.272 e. The van der Waals surface area contributed by atoms with Gasteiger partial charge in [-0.2, -0.15) is 0 Å². The molecular formula is C14H10N4O2. The maximum absolute atomic E-state index is 12.3. The van der Waals surface area contributed by atoms with Gasteiger partial charge in [0.1, 0.15) is 12.7 Å². The molecule has 3 rings (SSSR count). The molecule has 0 fully saturated rings. The van der Waals surface area contributed by atoms with E-state index in [2.05, 4.69) is 9.97 Å². The molecule has 0 N–H and O–H groups in total. The van der Waals surface area contributed by atoms with Gasteiger partial charge < -0.3 is 0 Å². The first-order chi connectivity index (χ1) is 9.77. The number of benzene rings is 1. The van der Waals surface area contributed by atoms with E-state index in [1.165, 1.54) is 34.2 Å². The molecule has 0 spiro atoms. The number of aromatic nitrogens is 4. The van der Waals surface area contributed by atoms with Crippen LogP contribution in [0.1, 0.15) is 20.7 Å². The highest BCUT2D eigenvalue weighted by Crippen LogP contribution is 2.12. The average Bonchev–Trinajstić information content (AvgIpc) is 3.18. The van der Waals surface area contributed by atoms with Gasteiger partial charge in [-0.3, -0.25) is 18.7 Å². The summed E-state index contributed by atoms with van der Waals surface area (Å²) in [5.74, 6) is -0.599. The van der Waals surface area contributed by atoms with Gasteiger partial charge in [-0.05, 0) is 12.1 Å². The lowest BCUT2D eigenvalue weighted by atomic mass is 10.1. The van der Waals surface area contributed by atoms with Crippen LogP contribution in [0.25, 0.3) is 0 Å². The molecule has 2 aromatic heterocycles. The van der Waals surface area contributed by atoms with Crippen LogP contribution in [-0.2, 0) is 0 Å². The Morgan fingerprint density at radius 1 is 0.800 bits per heavy atom. The van der Waals surface area contributed by atoms with Crippen molar-refractivity contribution >= 4 is 11.8 Å². The Labute approximate surface area is 114 Å². The fourth-order valence-corrected chi connectivity index (χ4v) is 1.89. The number of imidazole rings is 2. The van der Waals surface area contributed by atoms with E-state index in [0.29, 0.717) is 11.1 Å². The van der Waals surface area contributed by atoms with Crippen LogP contribution in [0.15, 0.2) is 61.7 Å². The summed E-state index contributed by atoms with van der Waals surface area (Å²) < 4.78 is 2.67. The molecule has 0 unspecified atom stereocenters. The molecule has 0 atom stereocenters. The van der Waals surface area contributed by atoms with Crippen LogP contribution in [0.5, 0.6) is 0 Å². The monoisotopic (exact) mass is 266 g/mol. The van der Waals surface area contributed by atoms with E-state index in [9.17, 15) is 9.59 Å². The Morgan fingerprint density at radius 3 is 1.60 bits per heavy atom. The highest BCUT2D eigenvalue weighted by atomic mass is 16.2. The molecule has 0 saturated heterocycles. The first kappa shape index (κ1) is 12.0. The predicted octanol–water partition coefficient (Wildman–Crippen LogP) is 1.46. The molecule has 0 radical (unpaired) electrons. The highest BCUT2D eigenvalue weighted by molar-refractivity contribution is 6.08. The quantitative estimate of drug-likeness (QED) is 0.704. The average molecular weight is 266 g/mol. The van der Waals surface area contributed by atoms with Gasteiger partial charge in [0.2, 0.25) is 0 Å². The van der Waals surface area contributed by atoms with Crippen molar-refractivity contribution in [2.24, 2.45) is 0 Å². The number of hydrogen-bond donors (Lipinski definition) is 0. The predicted molar refractivity (Wildman–Crippen MR) is 70.4 cm³/mol. The maximum Gasteiger partial charge on any atom is 0.263 e. The fourth-order valence-electron chi connectivity index (χ4n) is 1.89. The standard InChI is InChI=1S/C14H10N4O2/c19-13(17-7-5-15-9-17)11-3-1-2-4-12(11)14(20)18-8-6-16-10-18/h1-10H. The summed E-state index contributed by atoms with van der Waals surface area (Å²) >= 11 is 0. The normalized spacial score (nSPS) is 10.4. The molecule has 0 aliphatic rings. The molecule has 2 heterocycles. The SMILES string of the molecule is O=C(c1ccccc1C(=O)n1ccnc1)n1ccnc1. The molecule has 0 amide bonds. The highest BCUT2D eigenvalue weighted by Gasteiger charge is 2.18. The maximum atomic E-state index is 12.3. The van der Waals surface area contributed by atoms with Crippen LogP contribution in [0.4, 0.5) is 0 Å². The van der Waals surface area contributed by atoms with E-state index in [1.807, 2.05) is 0 Å². The molecule has 20 heavy (non-hydrogen) atoms. The Morgan fingerprint density at radius 2 is 1.25 bits per heavy atom. The Balaban J connectivity index is 2.05. The molecule has 0 aliphatic heterocycles. The van der Waals surface area contributed by atoms with Gasteiger partial charge in [-0.15, -0.1) is 0 Å². The van der Waals surface area contributed by atoms with E-state index in [1.54, 1.807) is 36.7 Å². The van der Waals surface area contributed by atoms with Gasteiger partial charge in [-0.25, -0.2) is 9.97 Å². The van der Waals surface area contributed by atoms with E-state index < -0.39 is 0 Å². The number of carbonyl (C=O) groups is 2. The zero-order chi connectivity index (χ0) is 13.9. The summed E-state index contributed by atoms with van der Waals surface area (Å²) in [7, 11) is 0. The molecule has 0 bridgehead atoms. The lowest BCUT2D eigenvalue weighted by Crippen LogP contribution is -2.18. The molecular weight excluding hydrogens is 256 g/mol. The van der Waals surface area contributed by atoms with Crippen LogP contribution < -0.4 is 0 Å². The van der Waals surface area contributed by atoms with E-state index in [-0.39, 0.29) is 11.8 Å². The Bertz CT molecular complexity index is 680. The van der Waals surface area contributed by atoms with Crippen molar-refractivity contribution in [3.05, 3.63) is 72.8 Å². The van der Waals surface area contributed by atoms with Gasteiger partial charge in [0.25, 0.3) is 11.8 Å². The van der Waals surface area contributed by atoms with Crippen molar-refractivity contribution in [1.82, 2.24) is 19.1 Å². The van der Waals surface area contributed by atoms with Gasteiger partial charge in [0, 0.05) is 24.8 Å². The molecule has 1 aromatic carbocycles. The molecule has 0 aliphatic carbocycles. The van der Waals surface area contributed by atoms with Crippen molar-refractivity contribution in [1.29, 1.82) is 0 Å². The van der Waals surface area contributed by atoms with Crippen molar-refractivity contribution in [2.45, 2.75) is 0 Å². The molecule has 0 saturated carbocycles. The number of rotatable bonds is 2. The second-order valence-corrected chi connectivity index (χ2v) is 4.10. The van der Waals surface area contributed by atoms with Gasteiger partial charge in [0.05, 0.1) is 11.1 Å². The summed E-state index contributed by atoms with van der Waals surface area (Å²) in [6, 6.07) is 6.67. The topological polar surface area (TPSA) is 69.8 Å². The second-order valence-electron chi connectivity index (χ2n) is 4.10. The fraction of sp³-hybridized carbons (Fsp3) is 0. The lowest BCUT2D eigenvalue weighted by Gasteiger charge is -2.08. The molecule has 6 heteroatoms. The number of hydrogen-bond acceptors (Lipinski definition) is 4. The van der Waals surface area contributed by atoms with Crippen LogP contribution in [-0.4, -0.2) is 30.9 Å². The van der Waals surface area contributed by atoms with Gasteiger partial charge >= 0.3 is 0 Å². The zero-order valence-electron chi connectivity index (χ0n) is 10.4. The van der Waals surface area contributed by atoms with Crippen molar-refractivity contribution < 1.29 is 9.59 Å². The largest absolute Gasteiger partial charge is 0.272 e. The molecule has 3 aromatic rings. The van der Waals surface area contributed by atoms with Crippen molar-refractivity contribution in [2.75, 3.05) is 0 Å². The van der Waals surface area contributed by atoms with Crippen molar-refractivity contribution in [3.8, 4) is 0 Å². The smallest absolute Gasteiger partial charge is 0.263 e. The first-order valence-electron chi connectivity index (χ1n) is 5.92. The van der Waals surface area contributed by atoms with Gasteiger partial charge in [0.15, 0.2) is 0 Å².